The maximum atomic E-state index is 14.7. The van der Waals surface area contributed by atoms with Gasteiger partial charge in [0.1, 0.15) is 6.10 Å². The summed E-state index contributed by atoms with van der Waals surface area (Å²) in [6.45, 7) is 16.0. The number of ether oxygens (including phenoxy) is 3. The van der Waals surface area contributed by atoms with Crippen LogP contribution in [0.15, 0.2) is 29.5 Å². The molecule has 2 heterocycles. The molecule has 208 valence electrons. The number of nitrogens with zero attached hydrogens (tertiary/aromatic N) is 1. The molecule has 1 aliphatic heterocycles. The molecule has 1 saturated carbocycles. The average molecular weight is 526 g/mol. The number of ketones is 1. The lowest BCUT2D eigenvalue weighted by Crippen LogP contribution is -2.67. The molecule has 7 heteroatoms. The third kappa shape index (κ3) is 3.65. The van der Waals surface area contributed by atoms with Crippen LogP contribution in [0.4, 0.5) is 0 Å². The zero-order valence-corrected chi connectivity index (χ0v) is 24.3. The van der Waals surface area contributed by atoms with Crippen LogP contribution in [0.25, 0.3) is 0 Å². The number of rotatable bonds is 2. The molecule has 2 bridgehead atoms. The Labute approximate surface area is 226 Å². The lowest BCUT2D eigenvalue weighted by atomic mass is 9.56. The van der Waals surface area contributed by atoms with Gasteiger partial charge in [0.25, 0.3) is 0 Å². The SMILES string of the molecule is CC1=C[C@@]23CCC[C@H](C)C(C)(C)[C@H](C=C4COC(C)(C)O[C@H]4[C@]2(O)[C@H]1OC(=O)c1c(C)cn(C)c1C)C3=O. The van der Waals surface area contributed by atoms with E-state index in [0.29, 0.717) is 23.5 Å². The van der Waals surface area contributed by atoms with Crippen LogP contribution in [0.3, 0.4) is 0 Å². The lowest BCUT2D eigenvalue weighted by molar-refractivity contribution is -0.300. The minimum absolute atomic E-state index is 0.0233. The molecular formula is C31H43NO6. The summed E-state index contributed by atoms with van der Waals surface area (Å²) in [5, 5.41) is 13.0. The van der Waals surface area contributed by atoms with Crippen molar-refractivity contribution in [2.75, 3.05) is 6.61 Å². The Kier molecular flexibility index (Phi) is 6.22. The van der Waals surface area contributed by atoms with Crippen molar-refractivity contribution in [3.05, 3.63) is 46.3 Å². The van der Waals surface area contributed by atoms with Gasteiger partial charge < -0.3 is 23.9 Å². The van der Waals surface area contributed by atoms with Gasteiger partial charge in [0.2, 0.25) is 0 Å². The van der Waals surface area contributed by atoms with E-state index in [1.807, 2.05) is 64.6 Å². The standard InChI is InChI=1S/C31H43NO6/c1-17-14-30-12-10-11-19(3)28(5,6)22(24(30)33)13-21-16-36-29(7,8)38-26(21)31(30,35)25(17)37-27(34)23-18(2)15-32(9)20(23)4/h13-15,19,22,25-26,35H,10-12,16H2,1-9H3/t19-,22+,25-,26+,30+,31+/m0/s1. The topological polar surface area (TPSA) is 87.0 Å². The Morgan fingerprint density at radius 2 is 1.87 bits per heavy atom. The fourth-order valence-electron chi connectivity index (χ4n) is 7.49. The molecule has 4 aliphatic rings. The van der Waals surface area contributed by atoms with E-state index in [9.17, 15) is 14.7 Å². The summed E-state index contributed by atoms with van der Waals surface area (Å²) in [5.41, 5.74) is 0.106. The number of aryl methyl sites for hydroxylation is 2. The third-order valence-electron chi connectivity index (χ3n) is 10.2. The second-order valence-electron chi connectivity index (χ2n) is 13.2. The van der Waals surface area contributed by atoms with Gasteiger partial charge in [-0.05, 0) is 69.1 Å². The van der Waals surface area contributed by atoms with Gasteiger partial charge in [-0.2, -0.15) is 0 Å². The van der Waals surface area contributed by atoms with Crippen LogP contribution in [0, 0.1) is 36.5 Å². The van der Waals surface area contributed by atoms with Crippen LogP contribution in [-0.4, -0.2) is 51.6 Å². The van der Waals surface area contributed by atoms with E-state index in [-0.39, 0.29) is 17.8 Å². The van der Waals surface area contributed by atoms with Gasteiger partial charge >= 0.3 is 5.97 Å². The zero-order valence-electron chi connectivity index (χ0n) is 24.3. The van der Waals surface area contributed by atoms with Gasteiger partial charge in [0, 0.05) is 24.9 Å². The smallest absolute Gasteiger partial charge is 0.340 e. The molecule has 0 radical (unpaired) electrons. The monoisotopic (exact) mass is 525 g/mol. The molecule has 0 aromatic carbocycles. The molecule has 2 fully saturated rings. The van der Waals surface area contributed by atoms with Crippen molar-refractivity contribution in [1.82, 2.24) is 4.57 Å². The first kappa shape index (κ1) is 27.4. The molecule has 7 nitrogen and oxygen atoms in total. The summed E-state index contributed by atoms with van der Waals surface area (Å²) in [6, 6.07) is 0. The minimum atomic E-state index is -1.81. The van der Waals surface area contributed by atoms with Crippen molar-refractivity contribution in [2.45, 2.75) is 98.2 Å². The van der Waals surface area contributed by atoms with Crippen molar-refractivity contribution < 1.29 is 28.9 Å². The van der Waals surface area contributed by atoms with Crippen LogP contribution in [-0.2, 0) is 26.1 Å². The van der Waals surface area contributed by atoms with E-state index in [1.165, 1.54) is 0 Å². The number of aliphatic hydroxyl groups is 1. The van der Waals surface area contributed by atoms with Crippen molar-refractivity contribution >= 4 is 11.8 Å². The Bertz CT molecular complexity index is 1250. The normalized spacial score (nSPS) is 37.7. The predicted octanol–water partition coefficient (Wildman–Crippen LogP) is 4.97. The van der Waals surface area contributed by atoms with E-state index in [0.717, 1.165) is 29.7 Å². The van der Waals surface area contributed by atoms with Crippen molar-refractivity contribution in [3.63, 3.8) is 0 Å². The summed E-state index contributed by atoms with van der Waals surface area (Å²) in [6.07, 6.45) is 6.06. The molecular weight excluding hydrogens is 482 g/mol. The van der Waals surface area contributed by atoms with Gasteiger partial charge in [-0.15, -0.1) is 0 Å². The maximum Gasteiger partial charge on any atom is 0.340 e. The molecule has 1 aromatic heterocycles. The van der Waals surface area contributed by atoms with E-state index in [2.05, 4.69) is 20.8 Å². The number of carbonyl (C=O) groups excluding carboxylic acids is 2. The fourth-order valence-corrected chi connectivity index (χ4v) is 7.49. The molecule has 38 heavy (non-hydrogen) atoms. The van der Waals surface area contributed by atoms with Crippen LogP contribution < -0.4 is 0 Å². The highest BCUT2D eigenvalue weighted by atomic mass is 16.7. The Balaban J connectivity index is 1.69. The first-order valence-corrected chi connectivity index (χ1v) is 13.9. The highest BCUT2D eigenvalue weighted by Gasteiger charge is 2.72. The second-order valence-corrected chi connectivity index (χ2v) is 13.2. The first-order valence-electron chi connectivity index (χ1n) is 13.9. The molecule has 5 rings (SSSR count). The second kappa shape index (κ2) is 8.64. The largest absolute Gasteiger partial charge is 0.451 e. The Morgan fingerprint density at radius 1 is 1.18 bits per heavy atom. The molecule has 1 N–H and O–H groups in total. The maximum absolute atomic E-state index is 14.7. The Morgan fingerprint density at radius 3 is 2.50 bits per heavy atom. The van der Waals surface area contributed by atoms with Gasteiger partial charge in [-0.1, -0.05) is 45.8 Å². The third-order valence-corrected chi connectivity index (χ3v) is 10.2. The number of allylic oxidation sites excluding steroid dienone is 1. The average Bonchev–Trinajstić information content (AvgIpc) is 3.17. The molecule has 1 saturated heterocycles. The van der Waals surface area contributed by atoms with Crippen LogP contribution in [0.1, 0.15) is 82.4 Å². The van der Waals surface area contributed by atoms with Gasteiger partial charge in [0.05, 0.1) is 17.6 Å². The zero-order chi connectivity index (χ0) is 28.0. The Hall–Kier alpha value is -2.22. The fraction of sp³-hybridized carbons (Fsp3) is 0.677. The molecule has 0 unspecified atom stereocenters. The molecule has 1 spiro atoms. The first-order chi connectivity index (χ1) is 17.6. The number of hydrogen-bond donors (Lipinski definition) is 1. The number of fused-ring (bicyclic) bond motifs is 3. The van der Waals surface area contributed by atoms with E-state index < -0.39 is 40.9 Å². The molecule has 1 aromatic rings. The summed E-state index contributed by atoms with van der Waals surface area (Å²) >= 11 is 0. The van der Waals surface area contributed by atoms with Crippen molar-refractivity contribution in [2.24, 2.45) is 29.7 Å². The van der Waals surface area contributed by atoms with Crippen LogP contribution in [0.2, 0.25) is 0 Å². The molecule has 0 amide bonds. The number of esters is 1. The van der Waals surface area contributed by atoms with E-state index >= 15 is 0 Å². The van der Waals surface area contributed by atoms with Crippen LogP contribution >= 0.6 is 0 Å². The van der Waals surface area contributed by atoms with E-state index in [1.54, 1.807) is 0 Å². The van der Waals surface area contributed by atoms with Gasteiger partial charge in [-0.25, -0.2) is 4.79 Å². The number of aromatic nitrogens is 1. The quantitative estimate of drug-likeness (QED) is 0.434. The summed E-state index contributed by atoms with van der Waals surface area (Å²) in [5.74, 6) is -1.64. The van der Waals surface area contributed by atoms with Crippen LogP contribution in [0.5, 0.6) is 0 Å². The minimum Gasteiger partial charge on any atom is -0.451 e. The molecule has 6 atom stereocenters. The van der Waals surface area contributed by atoms with Gasteiger partial charge in [-0.3, -0.25) is 4.79 Å². The summed E-state index contributed by atoms with van der Waals surface area (Å²) in [4.78, 5) is 28.4. The van der Waals surface area contributed by atoms with E-state index in [4.69, 9.17) is 14.2 Å². The highest BCUT2D eigenvalue weighted by Crippen LogP contribution is 2.61. The summed E-state index contributed by atoms with van der Waals surface area (Å²) < 4.78 is 20.7. The predicted molar refractivity (Wildman–Crippen MR) is 144 cm³/mol. The van der Waals surface area contributed by atoms with Crippen molar-refractivity contribution in [1.29, 1.82) is 0 Å². The van der Waals surface area contributed by atoms with Gasteiger partial charge in [0.15, 0.2) is 23.3 Å². The number of hydrogen-bond acceptors (Lipinski definition) is 6. The summed E-state index contributed by atoms with van der Waals surface area (Å²) in [7, 11) is 1.89. The number of Topliss-reactive ketones (excluding diaryl/α,β-unsaturated/α-hetero) is 1. The molecule has 3 aliphatic carbocycles. The lowest BCUT2D eigenvalue weighted by Gasteiger charge is -2.52. The van der Waals surface area contributed by atoms with Crippen molar-refractivity contribution in [3.8, 4) is 0 Å². The number of carbonyl (C=O) groups is 2. The highest BCUT2D eigenvalue weighted by molar-refractivity contribution is 5.96.